The van der Waals surface area contributed by atoms with Gasteiger partial charge in [0.2, 0.25) is 0 Å². The molecule has 19 heavy (non-hydrogen) atoms. The minimum atomic E-state index is -4.34. The van der Waals surface area contributed by atoms with E-state index in [9.17, 15) is 13.2 Å². The van der Waals surface area contributed by atoms with Gasteiger partial charge in [0.15, 0.2) is 11.0 Å². The molecule has 0 unspecified atom stereocenters. The number of aromatic nitrogens is 2. The summed E-state index contributed by atoms with van der Waals surface area (Å²) in [5.74, 6) is -0.582. The molecular formula is C14H18F3N2+. The van der Waals surface area contributed by atoms with Crippen molar-refractivity contribution in [3.05, 3.63) is 29.6 Å². The third kappa shape index (κ3) is 2.46. The number of halogens is 3. The van der Waals surface area contributed by atoms with Crippen molar-refractivity contribution in [2.45, 2.75) is 39.4 Å². The minimum absolute atomic E-state index is 0.395. The molecule has 0 aliphatic carbocycles. The first-order chi connectivity index (χ1) is 8.86. The highest BCUT2D eigenvalue weighted by Gasteiger charge is 2.46. The van der Waals surface area contributed by atoms with Crippen LogP contribution in [0.3, 0.4) is 0 Å². The van der Waals surface area contributed by atoms with E-state index in [1.807, 2.05) is 19.9 Å². The molecule has 5 heteroatoms. The van der Waals surface area contributed by atoms with Gasteiger partial charge in [-0.05, 0) is 31.0 Å². The van der Waals surface area contributed by atoms with Crippen molar-refractivity contribution >= 4 is 11.0 Å². The van der Waals surface area contributed by atoms with Crippen LogP contribution in [0.25, 0.3) is 11.0 Å². The van der Waals surface area contributed by atoms with Gasteiger partial charge in [-0.2, -0.15) is 13.2 Å². The van der Waals surface area contributed by atoms with Crippen molar-refractivity contribution in [3.63, 3.8) is 0 Å². The topological polar surface area (TPSA) is 8.81 Å². The molecule has 1 heterocycles. The average Bonchev–Trinajstić information content (AvgIpc) is 2.59. The maximum absolute atomic E-state index is 13.2. The Morgan fingerprint density at radius 1 is 1.26 bits per heavy atom. The third-order valence-corrected chi connectivity index (χ3v) is 3.35. The summed E-state index contributed by atoms with van der Waals surface area (Å²) >= 11 is 0. The summed E-state index contributed by atoms with van der Waals surface area (Å²) in [7, 11) is 1.48. The molecule has 104 valence electrons. The van der Waals surface area contributed by atoms with Crippen LogP contribution in [-0.4, -0.2) is 4.57 Å². The van der Waals surface area contributed by atoms with Crippen molar-refractivity contribution in [1.29, 1.82) is 0 Å². The number of hydrogen-bond acceptors (Lipinski definition) is 0. The Kier molecular flexibility index (Phi) is 3.56. The summed E-state index contributed by atoms with van der Waals surface area (Å²) in [5, 5.41) is 0. The number of fused-ring (bicyclic) bond motifs is 1. The van der Waals surface area contributed by atoms with Crippen molar-refractivity contribution in [3.8, 4) is 0 Å². The molecule has 0 saturated carbocycles. The van der Waals surface area contributed by atoms with Gasteiger partial charge in [0.05, 0.1) is 13.6 Å². The fourth-order valence-corrected chi connectivity index (χ4v) is 2.43. The zero-order valence-electron chi connectivity index (χ0n) is 11.4. The van der Waals surface area contributed by atoms with Crippen molar-refractivity contribution in [1.82, 2.24) is 4.57 Å². The van der Waals surface area contributed by atoms with Crippen LogP contribution in [0.2, 0.25) is 0 Å². The Balaban J connectivity index is 2.73. The second-order valence-corrected chi connectivity index (χ2v) is 4.88. The fourth-order valence-electron chi connectivity index (χ4n) is 2.43. The number of nitrogens with zero attached hydrogens (tertiary/aromatic N) is 2. The van der Waals surface area contributed by atoms with Crippen LogP contribution in [0.5, 0.6) is 0 Å². The van der Waals surface area contributed by atoms with Crippen LogP contribution in [0.1, 0.15) is 31.2 Å². The zero-order chi connectivity index (χ0) is 14.2. The first-order valence-corrected chi connectivity index (χ1v) is 6.42. The summed E-state index contributed by atoms with van der Waals surface area (Å²) in [6.45, 7) is 4.25. The first-order valence-electron chi connectivity index (χ1n) is 6.42. The number of unbranched alkanes of at least 4 members (excludes halogenated alkanes) is 1. The molecule has 2 aromatic rings. The maximum atomic E-state index is 13.2. The molecule has 2 rings (SSSR count). The van der Waals surface area contributed by atoms with Gasteiger partial charge in [0, 0.05) is 0 Å². The summed E-state index contributed by atoms with van der Waals surface area (Å²) < 4.78 is 42.3. The van der Waals surface area contributed by atoms with E-state index < -0.39 is 12.0 Å². The molecule has 1 aromatic carbocycles. The molecule has 0 aliphatic rings. The van der Waals surface area contributed by atoms with E-state index in [0.717, 1.165) is 18.4 Å². The van der Waals surface area contributed by atoms with Gasteiger partial charge in [0.1, 0.15) is 0 Å². The van der Waals surface area contributed by atoms with Gasteiger partial charge >= 0.3 is 12.0 Å². The quantitative estimate of drug-likeness (QED) is 0.754. The molecule has 0 saturated heterocycles. The van der Waals surface area contributed by atoms with Crippen LogP contribution in [0.15, 0.2) is 18.2 Å². The van der Waals surface area contributed by atoms with Gasteiger partial charge in [-0.3, -0.25) is 0 Å². The lowest BCUT2D eigenvalue weighted by Gasteiger charge is -2.05. The molecule has 0 radical (unpaired) electrons. The highest BCUT2D eigenvalue weighted by Crippen LogP contribution is 2.30. The summed E-state index contributed by atoms with van der Waals surface area (Å²) in [5.41, 5.74) is 2.24. The maximum Gasteiger partial charge on any atom is 0.495 e. The van der Waals surface area contributed by atoms with Crippen molar-refractivity contribution in [2.24, 2.45) is 7.05 Å². The highest BCUT2D eigenvalue weighted by atomic mass is 19.4. The van der Waals surface area contributed by atoms with Gasteiger partial charge in [-0.15, -0.1) is 0 Å². The van der Waals surface area contributed by atoms with E-state index >= 15 is 0 Å². The van der Waals surface area contributed by atoms with Crippen molar-refractivity contribution < 1.29 is 17.7 Å². The fraction of sp³-hybridized carbons (Fsp3) is 0.500. The molecule has 0 atom stereocenters. The summed E-state index contributed by atoms with van der Waals surface area (Å²) in [6.07, 6.45) is -2.73. The van der Waals surface area contributed by atoms with Gasteiger partial charge in [-0.1, -0.05) is 19.4 Å². The molecular weight excluding hydrogens is 253 g/mol. The van der Waals surface area contributed by atoms with Gasteiger partial charge in [-0.25, -0.2) is 9.13 Å². The van der Waals surface area contributed by atoms with E-state index in [1.54, 1.807) is 12.1 Å². The van der Waals surface area contributed by atoms with Crippen molar-refractivity contribution in [2.75, 3.05) is 0 Å². The van der Waals surface area contributed by atoms with Crippen LogP contribution < -0.4 is 4.57 Å². The van der Waals surface area contributed by atoms with E-state index in [4.69, 9.17) is 0 Å². The molecule has 1 aromatic heterocycles. The van der Waals surface area contributed by atoms with E-state index in [-0.39, 0.29) is 0 Å². The number of rotatable bonds is 3. The second-order valence-electron chi connectivity index (χ2n) is 4.88. The summed E-state index contributed by atoms with van der Waals surface area (Å²) in [4.78, 5) is 0. The van der Waals surface area contributed by atoms with E-state index in [2.05, 4.69) is 0 Å². The predicted molar refractivity (Wildman–Crippen MR) is 67.8 cm³/mol. The van der Waals surface area contributed by atoms with Crippen LogP contribution in [-0.2, 0) is 19.8 Å². The molecule has 0 N–H and O–H groups in total. The second kappa shape index (κ2) is 4.87. The lowest BCUT2D eigenvalue weighted by molar-refractivity contribution is -0.692. The van der Waals surface area contributed by atoms with E-state index in [1.165, 1.54) is 16.2 Å². The number of alkyl halides is 3. The molecule has 0 amide bonds. The molecule has 0 fully saturated rings. The first kappa shape index (κ1) is 13.9. The standard InChI is InChI=1S/C14H18F3N2/c1-4-5-8-19-11-7-6-10(2)9-12(11)18(3)13(19)14(15,16)17/h6-7,9H,4-5,8H2,1-3H3/q+1. The number of hydrogen-bond donors (Lipinski definition) is 0. The largest absolute Gasteiger partial charge is 0.495 e. The lowest BCUT2D eigenvalue weighted by Crippen LogP contribution is -2.42. The zero-order valence-corrected chi connectivity index (χ0v) is 11.4. The predicted octanol–water partition coefficient (Wildman–Crippen LogP) is 3.59. The average molecular weight is 271 g/mol. The number of benzene rings is 1. The Bertz CT molecular complexity index is 597. The van der Waals surface area contributed by atoms with Crippen LogP contribution >= 0.6 is 0 Å². The highest BCUT2D eigenvalue weighted by molar-refractivity contribution is 5.73. The number of aryl methyl sites for hydroxylation is 3. The van der Waals surface area contributed by atoms with E-state index in [0.29, 0.717) is 17.6 Å². The van der Waals surface area contributed by atoms with Crippen LogP contribution in [0.4, 0.5) is 13.2 Å². The number of imidazole rings is 1. The monoisotopic (exact) mass is 271 g/mol. The Morgan fingerprint density at radius 2 is 1.95 bits per heavy atom. The Labute approximate surface area is 110 Å². The smallest absolute Gasteiger partial charge is 0.222 e. The molecule has 0 spiro atoms. The van der Waals surface area contributed by atoms with Gasteiger partial charge < -0.3 is 0 Å². The minimum Gasteiger partial charge on any atom is -0.222 e. The normalized spacial score (nSPS) is 12.3. The third-order valence-electron chi connectivity index (χ3n) is 3.35. The molecule has 2 nitrogen and oxygen atoms in total. The molecule has 0 bridgehead atoms. The lowest BCUT2D eigenvalue weighted by atomic mass is 10.2. The van der Waals surface area contributed by atoms with Crippen LogP contribution in [0, 0.1) is 6.92 Å². The molecule has 0 aliphatic heterocycles. The summed E-state index contributed by atoms with van der Waals surface area (Å²) in [6, 6.07) is 5.42. The van der Waals surface area contributed by atoms with Gasteiger partial charge in [0.25, 0.3) is 0 Å². The SMILES string of the molecule is CCCC[n+]1c(C(F)(F)F)n(C)c2cc(C)ccc21. The Morgan fingerprint density at radius 3 is 2.53 bits per heavy atom. The Hall–Kier alpha value is -1.52.